The molecule has 1 aliphatic rings. The van der Waals surface area contributed by atoms with Crippen molar-refractivity contribution in [2.75, 3.05) is 5.73 Å². The third kappa shape index (κ3) is 1.59. The Balaban J connectivity index is 2.11. The Bertz CT molecular complexity index is 581. The lowest BCUT2D eigenvalue weighted by Crippen LogP contribution is -2.34. The van der Waals surface area contributed by atoms with E-state index in [0.29, 0.717) is 12.8 Å². The molecule has 2 aromatic rings. The van der Waals surface area contributed by atoms with Crippen LogP contribution in [-0.2, 0) is 0 Å². The summed E-state index contributed by atoms with van der Waals surface area (Å²) in [6.07, 6.45) is 2.77. The minimum atomic E-state index is -2.78. The third-order valence-corrected chi connectivity index (χ3v) is 3.31. The Morgan fingerprint density at radius 2 is 2.17 bits per heavy atom. The summed E-state index contributed by atoms with van der Waals surface area (Å²) in [5, 5.41) is 7.57. The molecule has 1 aliphatic carbocycles. The van der Waals surface area contributed by atoms with E-state index in [0.717, 1.165) is 6.42 Å². The highest BCUT2D eigenvalue weighted by atomic mass is 19.3. The van der Waals surface area contributed by atoms with Crippen molar-refractivity contribution in [3.63, 3.8) is 0 Å². The van der Waals surface area contributed by atoms with Crippen molar-refractivity contribution in [2.24, 2.45) is 0 Å². The lowest BCUT2D eigenvalue weighted by atomic mass is 9.92. The lowest BCUT2D eigenvalue weighted by Gasteiger charge is -2.30. The van der Waals surface area contributed by atoms with Crippen LogP contribution in [-0.4, -0.2) is 30.9 Å². The van der Waals surface area contributed by atoms with E-state index in [-0.39, 0.29) is 23.4 Å². The minimum Gasteiger partial charge on any atom is -0.382 e. The summed E-state index contributed by atoms with van der Waals surface area (Å²) in [7, 11) is 0. The Morgan fingerprint density at radius 1 is 1.33 bits per heavy atom. The maximum atomic E-state index is 13.9. The summed E-state index contributed by atoms with van der Waals surface area (Å²) in [6, 6.07) is -0.995. The number of hydrogen-bond acceptors (Lipinski definition) is 5. The van der Waals surface area contributed by atoms with E-state index in [4.69, 9.17) is 5.73 Å². The van der Waals surface area contributed by atoms with Gasteiger partial charge in [0.25, 0.3) is 5.92 Å². The average Bonchev–Trinajstić information content (AvgIpc) is 2.74. The molecule has 0 radical (unpaired) electrons. The van der Waals surface area contributed by atoms with E-state index >= 15 is 0 Å². The standard InChI is InChI=1S/C10H12F2N6/c11-10(12)4-2-1-3-6(10)18-9-7(16-17-18)8(13)14-5-15-9/h5-6H,1-4H2,(H2,13,14,15). The van der Waals surface area contributed by atoms with Gasteiger partial charge in [0.05, 0.1) is 0 Å². The molecular weight excluding hydrogens is 242 g/mol. The van der Waals surface area contributed by atoms with Crippen LogP contribution in [0, 0.1) is 0 Å². The summed E-state index contributed by atoms with van der Waals surface area (Å²) < 4.78 is 29.0. The molecular formula is C10H12F2N6. The van der Waals surface area contributed by atoms with Crippen LogP contribution in [0.1, 0.15) is 31.7 Å². The van der Waals surface area contributed by atoms with E-state index < -0.39 is 12.0 Å². The van der Waals surface area contributed by atoms with Crippen LogP contribution in [0.5, 0.6) is 0 Å². The zero-order chi connectivity index (χ0) is 12.8. The summed E-state index contributed by atoms with van der Waals surface area (Å²) in [5.74, 6) is -2.62. The molecule has 0 saturated heterocycles. The fraction of sp³-hybridized carbons (Fsp3) is 0.600. The van der Waals surface area contributed by atoms with Crippen molar-refractivity contribution in [3.8, 4) is 0 Å². The molecule has 18 heavy (non-hydrogen) atoms. The number of hydrogen-bond donors (Lipinski definition) is 1. The largest absolute Gasteiger partial charge is 0.382 e. The van der Waals surface area contributed by atoms with Gasteiger partial charge in [-0.3, -0.25) is 0 Å². The monoisotopic (exact) mass is 254 g/mol. The number of nitrogens with two attached hydrogens (primary N) is 1. The molecule has 0 aliphatic heterocycles. The Kier molecular flexibility index (Phi) is 2.39. The second-order valence-electron chi connectivity index (χ2n) is 4.49. The van der Waals surface area contributed by atoms with Crippen molar-refractivity contribution >= 4 is 17.0 Å². The first-order valence-corrected chi connectivity index (χ1v) is 5.79. The molecule has 8 heteroatoms. The van der Waals surface area contributed by atoms with Crippen molar-refractivity contribution < 1.29 is 8.78 Å². The Labute approximate surface area is 101 Å². The van der Waals surface area contributed by atoms with Gasteiger partial charge in [-0.05, 0) is 12.8 Å². The molecule has 0 spiro atoms. The molecule has 2 heterocycles. The number of aromatic nitrogens is 5. The molecule has 1 fully saturated rings. The molecule has 0 bridgehead atoms. The van der Waals surface area contributed by atoms with Crippen molar-refractivity contribution in [1.29, 1.82) is 0 Å². The van der Waals surface area contributed by atoms with E-state index in [1.165, 1.54) is 11.0 Å². The predicted molar refractivity (Wildman–Crippen MR) is 60.0 cm³/mol. The highest BCUT2D eigenvalue weighted by Crippen LogP contribution is 2.42. The van der Waals surface area contributed by atoms with Gasteiger partial charge in [-0.15, -0.1) is 5.10 Å². The number of fused-ring (bicyclic) bond motifs is 1. The Morgan fingerprint density at radius 3 is 2.94 bits per heavy atom. The predicted octanol–water partition coefficient (Wildman–Crippen LogP) is 1.55. The van der Waals surface area contributed by atoms with Crippen molar-refractivity contribution in [2.45, 2.75) is 37.6 Å². The molecule has 1 saturated carbocycles. The SMILES string of the molecule is Nc1ncnc2c1nnn2C1CCCCC1(F)F. The van der Waals surface area contributed by atoms with E-state index in [2.05, 4.69) is 20.3 Å². The third-order valence-electron chi connectivity index (χ3n) is 3.31. The van der Waals surface area contributed by atoms with Gasteiger partial charge in [0, 0.05) is 6.42 Å². The number of nitrogen functional groups attached to an aromatic ring is 1. The highest BCUT2D eigenvalue weighted by Gasteiger charge is 2.44. The van der Waals surface area contributed by atoms with Gasteiger partial charge in [0.1, 0.15) is 12.4 Å². The molecule has 0 amide bonds. The van der Waals surface area contributed by atoms with Gasteiger partial charge in [-0.1, -0.05) is 11.6 Å². The lowest BCUT2D eigenvalue weighted by molar-refractivity contribution is -0.0811. The number of rotatable bonds is 1. The van der Waals surface area contributed by atoms with Crippen molar-refractivity contribution in [1.82, 2.24) is 25.0 Å². The van der Waals surface area contributed by atoms with Crippen LogP contribution in [0.25, 0.3) is 11.2 Å². The number of alkyl halides is 2. The number of anilines is 1. The second-order valence-corrected chi connectivity index (χ2v) is 4.49. The van der Waals surface area contributed by atoms with Crippen LogP contribution in [0.2, 0.25) is 0 Å². The first-order chi connectivity index (χ1) is 8.59. The van der Waals surface area contributed by atoms with Gasteiger partial charge < -0.3 is 5.73 Å². The zero-order valence-corrected chi connectivity index (χ0v) is 9.55. The van der Waals surface area contributed by atoms with E-state index in [1.54, 1.807) is 0 Å². The maximum Gasteiger partial charge on any atom is 0.270 e. The molecule has 2 aromatic heterocycles. The van der Waals surface area contributed by atoms with Crippen LogP contribution in [0.3, 0.4) is 0 Å². The summed E-state index contributed by atoms with van der Waals surface area (Å²) in [6.45, 7) is 0. The molecule has 6 nitrogen and oxygen atoms in total. The van der Waals surface area contributed by atoms with Gasteiger partial charge >= 0.3 is 0 Å². The first kappa shape index (κ1) is 11.2. The Hall–Kier alpha value is -1.86. The van der Waals surface area contributed by atoms with Crippen LogP contribution in [0.15, 0.2) is 6.33 Å². The number of nitrogens with zero attached hydrogens (tertiary/aromatic N) is 5. The summed E-state index contributed by atoms with van der Waals surface area (Å²) in [5.41, 5.74) is 6.16. The highest BCUT2D eigenvalue weighted by molar-refractivity contribution is 5.80. The molecule has 0 aromatic carbocycles. The summed E-state index contributed by atoms with van der Waals surface area (Å²) in [4.78, 5) is 7.72. The first-order valence-electron chi connectivity index (χ1n) is 5.79. The summed E-state index contributed by atoms with van der Waals surface area (Å²) >= 11 is 0. The quantitative estimate of drug-likeness (QED) is 0.834. The average molecular weight is 254 g/mol. The van der Waals surface area contributed by atoms with Crippen molar-refractivity contribution in [3.05, 3.63) is 6.33 Å². The van der Waals surface area contributed by atoms with E-state index in [9.17, 15) is 8.78 Å². The van der Waals surface area contributed by atoms with E-state index in [1.807, 2.05) is 0 Å². The normalized spacial score (nSPS) is 23.3. The maximum absolute atomic E-state index is 13.9. The van der Waals surface area contributed by atoms with Gasteiger partial charge in [0.2, 0.25) is 0 Å². The second kappa shape index (κ2) is 3.82. The van der Waals surface area contributed by atoms with Crippen LogP contribution >= 0.6 is 0 Å². The number of halogens is 2. The topological polar surface area (TPSA) is 82.5 Å². The zero-order valence-electron chi connectivity index (χ0n) is 9.55. The van der Waals surface area contributed by atoms with Crippen LogP contribution < -0.4 is 5.73 Å². The molecule has 96 valence electrons. The molecule has 1 unspecified atom stereocenters. The smallest absolute Gasteiger partial charge is 0.270 e. The van der Waals surface area contributed by atoms with Crippen LogP contribution in [0.4, 0.5) is 14.6 Å². The minimum absolute atomic E-state index is 0.125. The van der Waals surface area contributed by atoms with Gasteiger partial charge in [-0.2, -0.15) is 0 Å². The fourth-order valence-electron chi connectivity index (χ4n) is 2.37. The molecule has 3 rings (SSSR count). The van der Waals surface area contributed by atoms with Gasteiger partial charge in [-0.25, -0.2) is 23.4 Å². The fourth-order valence-corrected chi connectivity index (χ4v) is 2.37. The molecule has 1 atom stereocenters. The molecule has 2 N–H and O–H groups in total. The van der Waals surface area contributed by atoms with Gasteiger partial charge in [0.15, 0.2) is 17.0 Å².